The number of benzene rings is 1. The standard InChI is InChI=1S/C11H10BrFO2/c12-9-4-2-1-3-8(9)11(10(14)15)5-7(13)6-11/h1-4,7H,5-6H2,(H,14,15). The number of rotatable bonds is 2. The van der Waals surface area contributed by atoms with E-state index in [4.69, 9.17) is 0 Å². The van der Waals surface area contributed by atoms with Gasteiger partial charge in [0, 0.05) is 4.47 Å². The average molecular weight is 273 g/mol. The quantitative estimate of drug-likeness (QED) is 0.899. The maximum atomic E-state index is 12.9. The number of carboxylic acids is 1. The Kier molecular flexibility index (Phi) is 2.54. The van der Waals surface area contributed by atoms with Gasteiger partial charge >= 0.3 is 5.97 Å². The first-order chi connectivity index (χ1) is 7.06. The number of halogens is 2. The molecule has 1 aliphatic carbocycles. The van der Waals surface area contributed by atoms with Crippen LogP contribution >= 0.6 is 15.9 Å². The molecule has 1 aromatic carbocycles. The Morgan fingerprint density at radius 3 is 2.53 bits per heavy atom. The molecule has 0 aliphatic heterocycles. The summed E-state index contributed by atoms with van der Waals surface area (Å²) in [4.78, 5) is 11.2. The highest BCUT2D eigenvalue weighted by Crippen LogP contribution is 2.47. The van der Waals surface area contributed by atoms with Crippen LogP contribution in [0.2, 0.25) is 0 Å². The summed E-state index contributed by atoms with van der Waals surface area (Å²) in [6.07, 6.45) is -0.844. The summed E-state index contributed by atoms with van der Waals surface area (Å²) in [5.74, 6) is -0.941. The molecule has 2 rings (SSSR count). The van der Waals surface area contributed by atoms with Crippen LogP contribution in [0.4, 0.5) is 4.39 Å². The minimum absolute atomic E-state index is 0.0744. The molecule has 1 N–H and O–H groups in total. The predicted molar refractivity (Wildman–Crippen MR) is 57.6 cm³/mol. The van der Waals surface area contributed by atoms with Gasteiger partial charge in [0.1, 0.15) is 6.17 Å². The van der Waals surface area contributed by atoms with E-state index in [9.17, 15) is 14.3 Å². The summed E-state index contributed by atoms with van der Waals surface area (Å²) in [6.45, 7) is 0. The second-order valence-electron chi connectivity index (χ2n) is 3.87. The molecule has 0 unspecified atom stereocenters. The average Bonchev–Trinajstić information content (AvgIpc) is 2.13. The van der Waals surface area contributed by atoms with Crippen LogP contribution in [0.15, 0.2) is 28.7 Å². The first-order valence-electron chi connectivity index (χ1n) is 4.69. The summed E-state index contributed by atoms with van der Waals surface area (Å²) < 4.78 is 13.6. The van der Waals surface area contributed by atoms with Gasteiger partial charge in [0.05, 0.1) is 5.41 Å². The van der Waals surface area contributed by atoms with Crippen molar-refractivity contribution in [2.24, 2.45) is 0 Å². The van der Waals surface area contributed by atoms with E-state index in [2.05, 4.69) is 15.9 Å². The number of hydrogen-bond acceptors (Lipinski definition) is 1. The van der Waals surface area contributed by atoms with Gasteiger partial charge in [0.2, 0.25) is 0 Å². The highest BCUT2D eigenvalue weighted by atomic mass is 79.9. The molecule has 80 valence electrons. The Bertz CT molecular complexity index is 399. The molecule has 4 heteroatoms. The van der Waals surface area contributed by atoms with Crippen LogP contribution in [-0.2, 0) is 10.2 Å². The van der Waals surface area contributed by atoms with Crippen molar-refractivity contribution in [3.05, 3.63) is 34.3 Å². The van der Waals surface area contributed by atoms with E-state index < -0.39 is 17.6 Å². The summed E-state index contributed by atoms with van der Waals surface area (Å²) >= 11 is 3.31. The van der Waals surface area contributed by atoms with Gasteiger partial charge in [0.15, 0.2) is 0 Å². The van der Waals surface area contributed by atoms with Crippen LogP contribution in [0.5, 0.6) is 0 Å². The monoisotopic (exact) mass is 272 g/mol. The van der Waals surface area contributed by atoms with E-state index in [-0.39, 0.29) is 12.8 Å². The van der Waals surface area contributed by atoms with E-state index >= 15 is 0 Å². The molecule has 15 heavy (non-hydrogen) atoms. The molecule has 0 spiro atoms. The van der Waals surface area contributed by atoms with Gasteiger partial charge in [-0.15, -0.1) is 0 Å². The third-order valence-electron chi connectivity index (χ3n) is 2.94. The maximum absolute atomic E-state index is 12.9. The third-order valence-corrected chi connectivity index (χ3v) is 3.63. The second kappa shape index (κ2) is 3.59. The van der Waals surface area contributed by atoms with E-state index in [0.717, 1.165) is 4.47 Å². The van der Waals surface area contributed by atoms with Crippen molar-refractivity contribution < 1.29 is 14.3 Å². The van der Waals surface area contributed by atoms with Gasteiger partial charge in [-0.1, -0.05) is 34.1 Å². The Morgan fingerprint density at radius 1 is 1.47 bits per heavy atom. The van der Waals surface area contributed by atoms with Gasteiger partial charge in [-0.3, -0.25) is 4.79 Å². The summed E-state index contributed by atoms with van der Waals surface area (Å²) in [6, 6.07) is 7.11. The summed E-state index contributed by atoms with van der Waals surface area (Å²) in [7, 11) is 0. The minimum Gasteiger partial charge on any atom is -0.481 e. The van der Waals surface area contributed by atoms with Gasteiger partial charge in [-0.25, -0.2) is 4.39 Å². The number of aliphatic carboxylic acids is 1. The van der Waals surface area contributed by atoms with Crippen LogP contribution in [0.3, 0.4) is 0 Å². The largest absolute Gasteiger partial charge is 0.481 e. The van der Waals surface area contributed by atoms with Crippen molar-refractivity contribution in [2.45, 2.75) is 24.4 Å². The predicted octanol–water partition coefficient (Wildman–Crippen LogP) is 2.90. The van der Waals surface area contributed by atoms with E-state index in [1.54, 1.807) is 18.2 Å². The molecule has 0 atom stereocenters. The Labute approximate surface area is 95.2 Å². The molecule has 2 nitrogen and oxygen atoms in total. The second-order valence-corrected chi connectivity index (χ2v) is 4.73. The van der Waals surface area contributed by atoms with Crippen LogP contribution in [0, 0.1) is 0 Å². The zero-order valence-corrected chi connectivity index (χ0v) is 9.50. The van der Waals surface area contributed by atoms with Crippen LogP contribution in [0.1, 0.15) is 18.4 Å². The fourth-order valence-electron chi connectivity index (χ4n) is 2.06. The maximum Gasteiger partial charge on any atom is 0.314 e. The van der Waals surface area contributed by atoms with Gasteiger partial charge in [-0.05, 0) is 24.5 Å². The zero-order chi connectivity index (χ0) is 11.1. The molecule has 0 heterocycles. The molecule has 0 saturated heterocycles. The highest BCUT2D eigenvalue weighted by Gasteiger charge is 2.53. The minimum atomic E-state index is -1.03. The summed E-state index contributed by atoms with van der Waals surface area (Å²) in [5.41, 5.74) is -0.356. The highest BCUT2D eigenvalue weighted by molar-refractivity contribution is 9.10. The van der Waals surface area contributed by atoms with E-state index in [0.29, 0.717) is 5.56 Å². The number of carbonyl (C=O) groups is 1. The molecule has 0 amide bonds. The third kappa shape index (κ3) is 1.57. The van der Waals surface area contributed by atoms with Crippen LogP contribution in [0.25, 0.3) is 0 Å². The first-order valence-corrected chi connectivity index (χ1v) is 5.48. The fourth-order valence-corrected chi connectivity index (χ4v) is 2.72. The number of carboxylic acid groups (broad SMARTS) is 1. The summed E-state index contributed by atoms with van der Waals surface area (Å²) in [5, 5.41) is 9.19. The lowest BCUT2D eigenvalue weighted by Crippen LogP contribution is -2.49. The van der Waals surface area contributed by atoms with Crippen molar-refractivity contribution in [3.8, 4) is 0 Å². The van der Waals surface area contributed by atoms with Crippen molar-refractivity contribution in [1.82, 2.24) is 0 Å². The first kappa shape index (κ1) is 10.6. The molecular weight excluding hydrogens is 263 g/mol. The lowest BCUT2D eigenvalue weighted by atomic mass is 9.63. The molecule has 1 saturated carbocycles. The SMILES string of the molecule is O=C(O)C1(c2ccccc2Br)CC(F)C1. The van der Waals surface area contributed by atoms with Crippen LogP contribution < -0.4 is 0 Å². The molecule has 0 aromatic heterocycles. The Balaban J connectivity index is 2.43. The van der Waals surface area contributed by atoms with Crippen molar-refractivity contribution >= 4 is 21.9 Å². The van der Waals surface area contributed by atoms with Gasteiger partial charge in [-0.2, -0.15) is 0 Å². The topological polar surface area (TPSA) is 37.3 Å². The molecule has 1 fully saturated rings. The normalized spacial score (nSPS) is 29.6. The van der Waals surface area contributed by atoms with Gasteiger partial charge < -0.3 is 5.11 Å². The molecule has 0 radical (unpaired) electrons. The van der Waals surface area contributed by atoms with Crippen LogP contribution in [-0.4, -0.2) is 17.2 Å². The number of hydrogen-bond donors (Lipinski definition) is 1. The lowest BCUT2D eigenvalue weighted by molar-refractivity contribution is -0.150. The fraction of sp³-hybridized carbons (Fsp3) is 0.364. The number of alkyl halides is 1. The Hall–Kier alpha value is -0.900. The van der Waals surface area contributed by atoms with E-state index in [1.807, 2.05) is 6.07 Å². The molecule has 1 aliphatic rings. The van der Waals surface area contributed by atoms with Crippen molar-refractivity contribution in [1.29, 1.82) is 0 Å². The molecular formula is C11H10BrFO2. The molecule has 0 bridgehead atoms. The zero-order valence-electron chi connectivity index (χ0n) is 7.91. The van der Waals surface area contributed by atoms with Gasteiger partial charge in [0.25, 0.3) is 0 Å². The Morgan fingerprint density at radius 2 is 2.07 bits per heavy atom. The molecule has 1 aromatic rings. The van der Waals surface area contributed by atoms with Crippen molar-refractivity contribution in [3.63, 3.8) is 0 Å². The van der Waals surface area contributed by atoms with E-state index in [1.165, 1.54) is 0 Å². The lowest BCUT2D eigenvalue weighted by Gasteiger charge is -2.41. The smallest absolute Gasteiger partial charge is 0.314 e. The van der Waals surface area contributed by atoms with Crippen molar-refractivity contribution in [2.75, 3.05) is 0 Å².